The van der Waals surface area contributed by atoms with Crippen LogP contribution in [-0.4, -0.2) is 35.0 Å². The lowest BCUT2D eigenvalue weighted by Crippen LogP contribution is -2.30. The Balaban J connectivity index is 1.52. The third-order valence-electron chi connectivity index (χ3n) is 4.59. The van der Waals surface area contributed by atoms with Gasteiger partial charge < -0.3 is 16.0 Å². The molecule has 1 atom stereocenters. The van der Waals surface area contributed by atoms with E-state index >= 15 is 0 Å². The van der Waals surface area contributed by atoms with Crippen LogP contribution < -0.4 is 11.1 Å². The van der Waals surface area contributed by atoms with Gasteiger partial charge in [-0.25, -0.2) is 4.98 Å². The van der Waals surface area contributed by atoms with Gasteiger partial charge in [0.05, 0.1) is 10.2 Å². The Hall–Kier alpha value is -2.18. The van der Waals surface area contributed by atoms with Gasteiger partial charge in [0.15, 0.2) is 0 Å². The number of aromatic nitrogens is 2. The summed E-state index contributed by atoms with van der Waals surface area (Å²) < 4.78 is 0.942. The van der Waals surface area contributed by atoms with Crippen molar-refractivity contribution in [3.8, 4) is 0 Å². The summed E-state index contributed by atoms with van der Waals surface area (Å²) in [6.45, 7) is 2.35. The molecule has 0 bridgehead atoms. The number of nitrogens with two attached hydrogens (primary N) is 1. The molecule has 1 unspecified atom stereocenters. The number of benzene rings is 1. The highest BCUT2D eigenvalue weighted by atomic mass is 32.1. The average molecular weight is 339 g/mol. The number of likely N-dealkylation sites (tertiary alicyclic amines) is 1. The number of rotatable bonds is 3. The van der Waals surface area contributed by atoms with Gasteiger partial charge in [-0.15, -0.1) is 11.3 Å². The molecule has 0 radical (unpaired) electrons. The third kappa shape index (κ3) is 3.07. The maximum Gasteiger partial charge on any atom is 0.229 e. The van der Waals surface area contributed by atoms with Crippen LogP contribution in [0.4, 0.5) is 17.5 Å². The Morgan fingerprint density at radius 1 is 1.21 bits per heavy atom. The number of likely N-dealkylation sites (N-methyl/N-ethyl adjacent to an activating group) is 1. The summed E-state index contributed by atoms with van der Waals surface area (Å²) in [4.78, 5) is 11.3. The number of nitrogens with zero attached hydrogens (tertiary/aromatic N) is 3. The van der Waals surface area contributed by atoms with E-state index in [2.05, 4.69) is 51.5 Å². The number of nitrogens with one attached hydrogen (secondary N) is 1. The van der Waals surface area contributed by atoms with Crippen molar-refractivity contribution in [3.63, 3.8) is 0 Å². The zero-order valence-electron chi connectivity index (χ0n) is 13.7. The quantitative estimate of drug-likeness (QED) is 0.759. The predicted octanol–water partition coefficient (Wildman–Crippen LogP) is 3.83. The van der Waals surface area contributed by atoms with Crippen LogP contribution >= 0.6 is 11.3 Å². The minimum atomic E-state index is 0.527. The number of fused-ring (bicyclic) bond motifs is 1. The summed E-state index contributed by atoms with van der Waals surface area (Å²) in [6, 6.07) is 10.6. The van der Waals surface area contributed by atoms with Crippen LogP contribution in [0.2, 0.25) is 0 Å². The fourth-order valence-electron chi connectivity index (χ4n) is 3.35. The second-order valence-corrected chi connectivity index (χ2v) is 7.33. The SMILES string of the molecule is CN1CCCC(c2ccc(Nc3nc(N)c4sccc4n3)cc2)C1. The highest BCUT2D eigenvalue weighted by Crippen LogP contribution is 2.29. The molecule has 3 aromatic rings. The minimum absolute atomic E-state index is 0.527. The van der Waals surface area contributed by atoms with E-state index in [0.29, 0.717) is 17.7 Å². The summed E-state index contributed by atoms with van der Waals surface area (Å²) in [5, 5.41) is 5.24. The molecular weight excluding hydrogens is 318 g/mol. The zero-order chi connectivity index (χ0) is 16.5. The summed E-state index contributed by atoms with van der Waals surface area (Å²) in [7, 11) is 2.20. The van der Waals surface area contributed by atoms with Crippen LogP contribution in [0.15, 0.2) is 35.7 Å². The molecule has 0 saturated carbocycles. The molecule has 1 fully saturated rings. The Labute approximate surface area is 145 Å². The highest BCUT2D eigenvalue weighted by Gasteiger charge is 2.18. The van der Waals surface area contributed by atoms with E-state index in [1.165, 1.54) is 24.9 Å². The van der Waals surface area contributed by atoms with Crippen molar-refractivity contribution in [3.05, 3.63) is 41.3 Å². The standard InChI is InChI=1S/C18H21N5S/c1-23-9-2-3-13(11-23)12-4-6-14(7-5-12)20-18-21-15-8-10-24-16(15)17(19)22-18/h4-8,10,13H,2-3,9,11H2,1H3,(H3,19,20,21,22). The Morgan fingerprint density at radius 2 is 2.04 bits per heavy atom. The highest BCUT2D eigenvalue weighted by molar-refractivity contribution is 7.17. The molecule has 124 valence electrons. The number of hydrogen-bond donors (Lipinski definition) is 2. The normalized spacial score (nSPS) is 18.8. The average Bonchev–Trinajstić information content (AvgIpc) is 3.05. The number of hydrogen-bond acceptors (Lipinski definition) is 6. The molecule has 0 amide bonds. The molecule has 0 aliphatic carbocycles. The molecule has 1 saturated heterocycles. The number of nitrogen functional groups attached to an aromatic ring is 1. The first-order valence-electron chi connectivity index (χ1n) is 8.25. The van der Waals surface area contributed by atoms with E-state index in [4.69, 9.17) is 5.73 Å². The third-order valence-corrected chi connectivity index (χ3v) is 5.52. The first kappa shape index (κ1) is 15.4. The van der Waals surface area contributed by atoms with Gasteiger partial charge in [0.25, 0.3) is 0 Å². The maximum atomic E-state index is 6.00. The Kier molecular flexibility index (Phi) is 4.08. The molecule has 0 spiro atoms. The summed E-state index contributed by atoms with van der Waals surface area (Å²) in [5.74, 6) is 1.70. The van der Waals surface area contributed by atoms with Gasteiger partial charge in [-0.2, -0.15) is 4.98 Å². The van der Waals surface area contributed by atoms with E-state index in [1.54, 1.807) is 11.3 Å². The minimum Gasteiger partial charge on any atom is -0.382 e. The van der Waals surface area contributed by atoms with Gasteiger partial charge in [-0.1, -0.05) is 12.1 Å². The van der Waals surface area contributed by atoms with Gasteiger partial charge in [0, 0.05) is 12.2 Å². The topological polar surface area (TPSA) is 67.1 Å². The molecule has 3 heterocycles. The van der Waals surface area contributed by atoms with Crippen molar-refractivity contribution < 1.29 is 0 Å². The fourth-order valence-corrected chi connectivity index (χ4v) is 4.08. The summed E-state index contributed by atoms with van der Waals surface area (Å²) >= 11 is 1.57. The number of anilines is 3. The molecule has 6 heteroatoms. The second kappa shape index (κ2) is 6.37. The van der Waals surface area contributed by atoms with Crippen LogP contribution in [-0.2, 0) is 0 Å². The van der Waals surface area contributed by atoms with Crippen LogP contribution in [0.5, 0.6) is 0 Å². The summed E-state index contributed by atoms with van der Waals surface area (Å²) in [5.41, 5.74) is 9.28. The van der Waals surface area contributed by atoms with Crippen molar-refractivity contribution in [2.24, 2.45) is 0 Å². The molecule has 2 aromatic heterocycles. The van der Waals surface area contributed by atoms with Crippen molar-refractivity contribution in [1.29, 1.82) is 0 Å². The molecule has 24 heavy (non-hydrogen) atoms. The van der Waals surface area contributed by atoms with E-state index in [9.17, 15) is 0 Å². The van der Waals surface area contributed by atoms with Crippen molar-refractivity contribution in [2.45, 2.75) is 18.8 Å². The van der Waals surface area contributed by atoms with Gasteiger partial charge in [0.1, 0.15) is 5.82 Å². The van der Waals surface area contributed by atoms with Crippen LogP contribution in [0.3, 0.4) is 0 Å². The lowest BCUT2D eigenvalue weighted by molar-refractivity contribution is 0.251. The van der Waals surface area contributed by atoms with Gasteiger partial charge >= 0.3 is 0 Å². The number of thiophene rings is 1. The zero-order valence-corrected chi connectivity index (χ0v) is 14.5. The number of piperidine rings is 1. The lowest BCUT2D eigenvalue weighted by Gasteiger charge is -2.30. The molecule has 1 aliphatic heterocycles. The van der Waals surface area contributed by atoms with Gasteiger partial charge in [-0.3, -0.25) is 0 Å². The van der Waals surface area contributed by atoms with Crippen molar-refractivity contribution in [1.82, 2.24) is 14.9 Å². The van der Waals surface area contributed by atoms with E-state index in [0.717, 1.165) is 22.4 Å². The Morgan fingerprint density at radius 3 is 2.83 bits per heavy atom. The molecule has 1 aliphatic rings. The largest absolute Gasteiger partial charge is 0.382 e. The van der Waals surface area contributed by atoms with Crippen LogP contribution in [0.1, 0.15) is 24.3 Å². The second-order valence-electron chi connectivity index (χ2n) is 6.42. The van der Waals surface area contributed by atoms with E-state index in [1.807, 2.05) is 11.4 Å². The first-order chi connectivity index (χ1) is 11.7. The molecule has 5 nitrogen and oxygen atoms in total. The van der Waals surface area contributed by atoms with Crippen LogP contribution in [0.25, 0.3) is 10.2 Å². The van der Waals surface area contributed by atoms with Crippen molar-refractivity contribution in [2.75, 3.05) is 31.2 Å². The fraction of sp³-hybridized carbons (Fsp3) is 0.333. The molecule has 1 aromatic carbocycles. The van der Waals surface area contributed by atoms with Crippen molar-refractivity contribution >= 4 is 39.0 Å². The Bertz CT molecular complexity index is 842. The smallest absolute Gasteiger partial charge is 0.229 e. The molecular formula is C18H21N5S. The summed E-state index contributed by atoms with van der Waals surface area (Å²) in [6.07, 6.45) is 2.54. The monoisotopic (exact) mass is 339 g/mol. The van der Waals surface area contributed by atoms with Crippen LogP contribution in [0, 0.1) is 0 Å². The van der Waals surface area contributed by atoms with E-state index in [-0.39, 0.29) is 0 Å². The molecule has 4 rings (SSSR count). The maximum absolute atomic E-state index is 6.00. The van der Waals surface area contributed by atoms with E-state index < -0.39 is 0 Å². The molecule has 3 N–H and O–H groups in total. The predicted molar refractivity (Wildman–Crippen MR) is 101 cm³/mol. The lowest BCUT2D eigenvalue weighted by atomic mass is 9.91. The van der Waals surface area contributed by atoms with Gasteiger partial charge in [-0.05, 0) is 61.5 Å². The first-order valence-corrected chi connectivity index (χ1v) is 9.13. The van der Waals surface area contributed by atoms with Gasteiger partial charge in [0.2, 0.25) is 5.95 Å².